The molecule has 0 fully saturated rings. The number of aromatic nitrogens is 1. The van der Waals surface area contributed by atoms with Crippen LogP contribution in [0.3, 0.4) is 0 Å². The molecule has 0 aliphatic heterocycles. The van der Waals surface area contributed by atoms with Crippen molar-refractivity contribution in [2.45, 2.75) is 26.5 Å². The highest BCUT2D eigenvalue weighted by Crippen LogP contribution is 2.23. The van der Waals surface area contributed by atoms with Crippen molar-refractivity contribution in [3.8, 4) is 17.1 Å². The van der Waals surface area contributed by atoms with E-state index in [9.17, 15) is 4.79 Å². The quantitative estimate of drug-likeness (QED) is 0.748. The van der Waals surface area contributed by atoms with Gasteiger partial charge in [0.25, 0.3) is 5.91 Å². The monoisotopic (exact) mass is 326 g/mol. The third-order valence-electron chi connectivity index (χ3n) is 3.26. The smallest absolute Gasteiger partial charge is 0.273 e. The molecule has 0 saturated heterocycles. The first kappa shape index (κ1) is 15.9. The molecule has 0 atom stereocenters. The van der Waals surface area contributed by atoms with Gasteiger partial charge in [0, 0.05) is 11.6 Å². The Labute approximate surface area is 139 Å². The highest BCUT2D eigenvalue weighted by molar-refractivity contribution is 5.93. The van der Waals surface area contributed by atoms with Gasteiger partial charge < -0.3 is 19.0 Å². The number of amides is 1. The number of hydrogen-bond acceptors (Lipinski definition) is 5. The van der Waals surface area contributed by atoms with E-state index >= 15 is 0 Å². The molecule has 1 amide bonds. The number of benzene rings is 1. The molecule has 124 valence electrons. The minimum atomic E-state index is -0.318. The Morgan fingerprint density at radius 3 is 2.71 bits per heavy atom. The van der Waals surface area contributed by atoms with Gasteiger partial charge in [0.1, 0.15) is 11.5 Å². The Kier molecular flexibility index (Phi) is 4.65. The molecular formula is C18H18N2O4. The molecule has 3 aromatic rings. The summed E-state index contributed by atoms with van der Waals surface area (Å²) in [6.07, 6.45) is 1.67. The van der Waals surface area contributed by atoms with Crippen molar-refractivity contribution in [3.63, 3.8) is 0 Å². The van der Waals surface area contributed by atoms with Crippen LogP contribution in [0.1, 0.15) is 30.1 Å². The Morgan fingerprint density at radius 2 is 2.04 bits per heavy atom. The number of hydrogen-bond donors (Lipinski definition) is 1. The summed E-state index contributed by atoms with van der Waals surface area (Å²) in [5.74, 6) is 1.66. The first-order valence-corrected chi connectivity index (χ1v) is 7.66. The number of carbonyl (C=O) groups is 1. The summed E-state index contributed by atoms with van der Waals surface area (Å²) in [7, 11) is 0. The molecule has 24 heavy (non-hydrogen) atoms. The maximum Gasteiger partial charge on any atom is 0.273 e. The van der Waals surface area contributed by atoms with Gasteiger partial charge in [-0.1, -0.05) is 5.16 Å². The van der Waals surface area contributed by atoms with Gasteiger partial charge >= 0.3 is 0 Å². The van der Waals surface area contributed by atoms with Crippen LogP contribution in [0, 0.1) is 0 Å². The Morgan fingerprint density at radius 1 is 1.25 bits per heavy atom. The lowest BCUT2D eigenvalue weighted by Crippen LogP contribution is -2.22. The van der Waals surface area contributed by atoms with E-state index < -0.39 is 0 Å². The van der Waals surface area contributed by atoms with E-state index in [0.29, 0.717) is 18.1 Å². The molecule has 0 saturated carbocycles. The van der Waals surface area contributed by atoms with Crippen molar-refractivity contribution >= 4 is 5.91 Å². The molecule has 2 heterocycles. The number of nitrogens with one attached hydrogen (secondary N) is 1. The van der Waals surface area contributed by atoms with E-state index in [-0.39, 0.29) is 17.7 Å². The highest BCUT2D eigenvalue weighted by atomic mass is 16.5. The number of rotatable bonds is 6. The van der Waals surface area contributed by atoms with Crippen LogP contribution >= 0.6 is 0 Å². The molecular weight excluding hydrogens is 308 g/mol. The zero-order valence-corrected chi connectivity index (χ0v) is 13.5. The molecule has 0 aliphatic carbocycles. The molecule has 1 aromatic carbocycles. The molecule has 3 rings (SSSR count). The molecule has 0 spiro atoms. The van der Waals surface area contributed by atoms with Crippen LogP contribution in [0.15, 0.2) is 57.7 Å². The van der Waals surface area contributed by atoms with E-state index in [2.05, 4.69) is 10.5 Å². The number of nitrogens with zero attached hydrogens (tertiary/aromatic N) is 1. The van der Waals surface area contributed by atoms with Gasteiger partial charge in [-0.15, -0.1) is 0 Å². The Hall–Kier alpha value is -3.02. The maximum atomic E-state index is 12.1. The molecule has 2 aromatic heterocycles. The fourth-order valence-electron chi connectivity index (χ4n) is 2.16. The number of carbonyl (C=O) groups excluding carboxylic acids is 1. The molecule has 1 N–H and O–H groups in total. The Balaban J connectivity index is 1.65. The lowest BCUT2D eigenvalue weighted by Gasteiger charge is -2.09. The van der Waals surface area contributed by atoms with Crippen LogP contribution < -0.4 is 10.1 Å². The van der Waals surface area contributed by atoms with E-state index in [0.717, 1.165) is 11.3 Å². The fraction of sp³-hybridized carbons (Fsp3) is 0.222. The van der Waals surface area contributed by atoms with Crippen LogP contribution in [-0.2, 0) is 6.54 Å². The fourth-order valence-corrected chi connectivity index (χ4v) is 2.16. The first-order chi connectivity index (χ1) is 11.6. The van der Waals surface area contributed by atoms with E-state index in [1.54, 1.807) is 24.5 Å². The summed E-state index contributed by atoms with van der Waals surface area (Å²) in [5, 5.41) is 6.54. The zero-order chi connectivity index (χ0) is 16.9. The van der Waals surface area contributed by atoms with Gasteiger partial charge in [0.2, 0.25) is 0 Å². The van der Waals surface area contributed by atoms with Crippen LogP contribution in [0.5, 0.6) is 5.75 Å². The maximum absolute atomic E-state index is 12.1. The second-order valence-electron chi connectivity index (χ2n) is 5.53. The average Bonchev–Trinajstić information content (AvgIpc) is 3.24. The topological polar surface area (TPSA) is 77.5 Å². The molecule has 0 bridgehead atoms. The standard InChI is InChI=1S/C18H18N2O4/c1-12(2)23-14-7-5-13(6-8-14)17-10-16(20-24-17)18(21)19-11-15-4-3-9-22-15/h3-10,12H,11H2,1-2H3,(H,19,21). The first-order valence-electron chi connectivity index (χ1n) is 7.66. The second-order valence-corrected chi connectivity index (χ2v) is 5.53. The van der Waals surface area contributed by atoms with Crippen molar-refractivity contribution in [2.24, 2.45) is 0 Å². The Bertz CT molecular complexity index is 789. The third-order valence-corrected chi connectivity index (χ3v) is 3.26. The predicted molar refractivity (Wildman–Crippen MR) is 87.6 cm³/mol. The third kappa shape index (κ3) is 3.84. The lowest BCUT2D eigenvalue weighted by atomic mass is 10.1. The molecule has 0 unspecified atom stereocenters. The molecule has 0 radical (unpaired) electrons. The van der Waals surface area contributed by atoms with Crippen molar-refractivity contribution in [2.75, 3.05) is 0 Å². The van der Waals surface area contributed by atoms with Gasteiger partial charge in [0.15, 0.2) is 11.5 Å². The average molecular weight is 326 g/mol. The van der Waals surface area contributed by atoms with Crippen LogP contribution in [0.25, 0.3) is 11.3 Å². The highest BCUT2D eigenvalue weighted by Gasteiger charge is 2.14. The van der Waals surface area contributed by atoms with Crippen LogP contribution in [0.2, 0.25) is 0 Å². The van der Waals surface area contributed by atoms with Gasteiger partial charge in [-0.05, 0) is 50.2 Å². The minimum Gasteiger partial charge on any atom is -0.491 e. The summed E-state index contributed by atoms with van der Waals surface area (Å²) in [6.45, 7) is 4.24. The van der Waals surface area contributed by atoms with Crippen LogP contribution in [-0.4, -0.2) is 17.2 Å². The second kappa shape index (κ2) is 7.04. The summed E-state index contributed by atoms with van der Waals surface area (Å²) in [6, 6.07) is 12.6. The number of ether oxygens (including phenoxy) is 1. The summed E-state index contributed by atoms with van der Waals surface area (Å²) in [4.78, 5) is 12.1. The van der Waals surface area contributed by atoms with Crippen molar-refractivity contribution < 1.29 is 18.5 Å². The van der Waals surface area contributed by atoms with Gasteiger partial charge in [-0.25, -0.2) is 0 Å². The molecule has 6 nitrogen and oxygen atoms in total. The number of furan rings is 1. The van der Waals surface area contributed by atoms with E-state index in [1.165, 1.54) is 0 Å². The van der Waals surface area contributed by atoms with Gasteiger partial charge in [-0.3, -0.25) is 4.79 Å². The van der Waals surface area contributed by atoms with E-state index in [1.807, 2.05) is 38.1 Å². The van der Waals surface area contributed by atoms with Gasteiger partial charge in [0.05, 0.1) is 18.9 Å². The lowest BCUT2D eigenvalue weighted by molar-refractivity contribution is 0.0939. The van der Waals surface area contributed by atoms with E-state index in [4.69, 9.17) is 13.7 Å². The predicted octanol–water partition coefficient (Wildman–Crippen LogP) is 3.65. The SMILES string of the molecule is CC(C)Oc1ccc(-c2cc(C(=O)NCc3ccco3)no2)cc1. The summed E-state index contributed by atoms with van der Waals surface area (Å²) >= 11 is 0. The van der Waals surface area contributed by atoms with Crippen molar-refractivity contribution in [3.05, 3.63) is 60.2 Å². The largest absolute Gasteiger partial charge is 0.491 e. The minimum absolute atomic E-state index is 0.116. The summed E-state index contributed by atoms with van der Waals surface area (Å²) < 4.78 is 16.0. The molecule has 0 aliphatic rings. The van der Waals surface area contributed by atoms with Crippen LogP contribution in [0.4, 0.5) is 0 Å². The van der Waals surface area contributed by atoms with Crippen molar-refractivity contribution in [1.82, 2.24) is 10.5 Å². The zero-order valence-electron chi connectivity index (χ0n) is 13.5. The van der Waals surface area contributed by atoms with Gasteiger partial charge in [-0.2, -0.15) is 0 Å². The normalized spacial score (nSPS) is 10.8. The molecule has 6 heteroatoms. The summed E-state index contributed by atoms with van der Waals surface area (Å²) in [5.41, 5.74) is 1.04. The van der Waals surface area contributed by atoms with Crippen molar-refractivity contribution in [1.29, 1.82) is 0 Å².